The van der Waals surface area contributed by atoms with Gasteiger partial charge in [0, 0.05) is 13.0 Å². The number of rotatable bonds is 5. The zero-order valence-corrected chi connectivity index (χ0v) is 22.3. The van der Waals surface area contributed by atoms with Gasteiger partial charge in [0.15, 0.2) is 0 Å². The van der Waals surface area contributed by atoms with Gasteiger partial charge in [-0.25, -0.2) is 9.59 Å². The molecule has 0 N–H and O–H groups in total. The SMILES string of the molecule is COC(=O)[C@H]1C[C@@H](O[Si](c2ccccc2)(c2ccccc2)C(C)(C)C)CN1C(=O)OC(C)(C)C. The van der Waals surface area contributed by atoms with Crippen LogP contribution >= 0.6 is 0 Å². The van der Waals surface area contributed by atoms with E-state index in [1.807, 2.05) is 57.2 Å². The van der Waals surface area contributed by atoms with Crippen LogP contribution in [0.25, 0.3) is 0 Å². The van der Waals surface area contributed by atoms with Gasteiger partial charge in [-0.2, -0.15) is 0 Å². The summed E-state index contributed by atoms with van der Waals surface area (Å²) < 4.78 is 17.8. The molecule has 1 amide bonds. The lowest BCUT2D eigenvalue weighted by molar-refractivity contribution is -0.145. The Morgan fingerprint density at radius 3 is 1.79 bits per heavy atom. The average molecular weight is 484 g/mol. The standard InChI is InChI=1S/C27H37NO5Si/c1-26(2,3)32-25(30)28-19-20(18-23(28)24(29)31-7)33-34(27(4,5)6,21-14-10-8-11-15-21)22-16-12-9-13-17-22/h8-17,20,23H,18-19H2,1-7H3/t20-,23-/m1/s1. The lowest BCUT2D eigenvalue weighted by atomic mass is 10.2. The number of nitrogens with zero attached hydrogens (tertiary/aromatic N) is 1. The third-order valence-corrected chi connectivity index (χ3v) is 11.2. The van der Waals surface area contributed by atoms with Crippen LogP contribution in [0.2, 0.25) is 5.04 Å². The molecule has 0 saturated carbocycles. The lowest BCUT2D eigenvalue weighted by Gasteiger charge is -2.44. The first kappa shape index (κ1) is 26.0. The maximum atomic E-state index is 13.0. The predicted octanol–water partition coefficient (Wildman–Crippen LogP) is 4.11. The zero-order chi connectivity index (χ0) is 25.1. The van der Waals surface area contributed by atoms with Crippen molar-refractivity contribution in [2.45, 2.75) is 70.7 Å². The lowest BCUT2D eigenvalue weighted by Crippen LogP contribution is -2.67. The van der Waals surface area contributed by atoms with Crippen LogP contribution in [-0.4, -0.2) is 56.7 Å². The molecule has 34 heavy (non-hydrogen) atoms. The van der Waals surface area contributed by atoms with E-state index in [4.69, 9.17) is 13.9 Å². The average Bonchev–Trinajstić information content (AvgIpc) is 3.20. The molecule has 0 spiro atoms. The Morgan fingerprint density at radius 2 is 1.38 bits per heavy atom. The summed E-state index contributed by atoms with van der Waals surface area (Å²) in [6.07, 6.45) is -0.518. The van der Waals surface area contributed by atoms with Gasteiger partial charge in [-0.05, 0) is 36.2 Å². The molecular formula is C27H37NO5Si. The first-order valence-corrected chi connectivity index (χ1v) is 13.7. The zero-order valence-electron chi connectivity index (χ0n) is 21.3. The fourth-order valence-corrected chi connectivity index (χ4v) is 9.39. The summed E-state index contributed by atoms with van der Waals surface area (Å²) >= 11 is 0. The van der Waals surface area contributed by atoms with Gasteiger partial charge < -0.3 is 13.9 Å². The van der Waals surface area contributed by atoms with Gasteiger partial charge in [0.25, 0.3) is 8.32 Å². The normalized spacial score (nSPS) is 19.1. The number of amides is 1. The number of hydrogen-bond acceptors (Lipinski definition) is 5. The van der Waals surface area contributed by atoms with E-state index in [9.17, 15) is 9.59 Å². The maximum absolute atomic E-state index is 13.0. The highest BCUT2D eigenvalue weighted by atomic mass is 28.4. The van der Waals surface area contributed by atoms with E-state index in [1.54, 1.807) is 0 Å². The van der Waals surface area contributed by atoms with Gasteiger partial charge in [-0.1, -0.05) is 81.4 Å². The second-order valence-electron chi connectivity index (χ2n) is 10.8. The van der Waals surface area contributed by atoms with Crippen LogP contribution in [0.15, 0.2) is 60.7 Å². The Balaban J connectivity index is 2.04. The van der Waals surface area contributed by atoms with Gasteiger partial charge in [-0.3, -0.25) is 4.90 Å². The van der Waals surface area contributed by atoms with E-state index in [0.717, 1.165) is 10.4 Å². The maximum Gasteiger partial charge on any atom is 0.411 e. The van der Waals surface area contributed by atoms with Crippen LogP contribution in [-0.2, 0) is 18.7 Å². The fourth-order valence-electron chi connectivity index (χ4n) is 4.71. The summed E-state index contributed by atoms with van der Waals surface area (Å²) in [4.78, 5) is 27.1. The smallest absolute Gasteiger partial charge is 0.411 e. The van der Waals surface area contributed by atoms with Crippen LogP contribution in [0.5, 0.6) is 0 Å². The molecule has 0 unspecified atom stereocenters. The van der Waals surface area contributed by atoms with Crippen molar-refractivity contribution in [3.63, 3.8) is 0 Å². The van der Waals surface area contributed by atoms with Crippen molar-refractivity contribution < 1.29 is 23.5 Å². The summed E-state index contributed by atoms with van der Waals surface area (Å²) in [7, 11) is -1.49. The summed E-state index contributed by atoms with van der Waals surface area (Å²) in [6, 6.07) is 19.9. The second-order valence-corrected chi connectivity index (χ2v) is 15.1. The molecule has 2 aromatic carbocycles. The number of hydrogen-bond donors (Lipinski definition) is 0. The van der Waals surface area contributed by atoms with Crippen LogP contribution in [0, 0.1) is 0 Å². The Hall–Kier alpha value is -2.64. The molecule has 0 radical (unpaired) electrons. The van der Waals surface area contributed by atoms with E-state index in [1.165, 1.54) is 12.0 Å². The number of carbonyl (C=O) groups excluding carboxylic acids is 2. The van der Waals surface area contributed by atoms with Crippen molar-refractivity contribution in [3.8, 4) is 0 Å². The van der Waals surface area contributed by atoms with Crippen molar-refractivity contribution in [2.75, 3.05) is 13.7 Å². The van der Waals surface area contributed by atoms with Crippen molar-refractivity contribution >= 4 is 30.8 Å². The summed E-state index contributed by atoms with van der Waals surface area (Å²) in [6.45, 7) is 12.3. The van der Waals surface area contributed by atoms with Crippen LogP contribution in [0.4, 0.5) is 4.79 Å². The van der Waals surface area contributed by atoms with E-state index in [0.29, 0.717) is 6.42 Å². The molecule has 2 aromatic rings. The molecule has 184 valence electrons. The minimum Gasteiger partial charge on any atom is -0.467 e. The monoisotopic (exact) mass is 483 g/mol. The number of benzene rings is 2. The number of esters is 1. The van der Waals surface area contributed by atoms with E-state index >= 15 is 0 Å². The van der Waals surface area contributed by atoms with Crippen LogP contribution in [0.1, 0.15) is 48.0 Å². The molecule has 0 aromatic heterocycles. The minimum absolute atomic E-state index is 0.212. The second kappa shape index (κ2) is 9.92. The minimum atomic E-state index is -2.83. The van der Waals surface area contributed by atoms with Crippen molar-refractivity contribution in [3.05, 3.63) is 60.7 Å². The van der Waals surface area contributed by atoms with Crippen LogP contribution < -0.4 is 10.4 Å². The Labute approximate surface area is 204 Å². The highest BCUT2D eigenvalue weighted by molar-refractivity contribution is 6.99. The highest BCUT2D eigenvalue weighted by Gasteiger charge is 2.54. The summed E-state index contributed by atoms with van der Waals surface area (Å²) in [5.74, 6) is -0.459. The summed E-state index contributed by atoms with van der Waals surface area (Å²) in [5.41, 5.74) is -0.672. The largest absolute Gasteiger partial charge is 0.467 e. The number of methoxy groups -OCH3 is 1. The van der Waals surface area contributed by atoms with E-state index < -0.39 is 32.0 Å². The third-order valence-electron chi connectivity index (χ3n) is 6.12. The molecule has 0 aliphatic carbocycles. The molecule has 1 fully saturated rings. The molecule has 1 aliphatic heterocycles. The topological polar surface area (TPSA) is 65.1 Å². The quantitative estimate of drug-likeness (QED) is 0.473. The van der Waals surface area contributed by atoms with E-state index in [2.05, 4.69) is 45.0 Å². The highest BCUT2D eigenvalue weighted by Crippen LogP contribution is 2.39. The molecule has 2 atom stereocenters. The van der Waals surface area contributed by atoms with Crippen molar-refractivity contribution in [1.82, 2.24) is 4.90 Å². The Morgan fingerprint density at radius 1 is 0.882 bits per heavy atom. The molecular weight excluding hydrogens is 446 g/mol. The Kier molecular flexibility index (Phi) is 7.58. The molecule has 6 nitrogen and oxygen atoms in total. The molecule has 1 heterocycles. The van der Waals surface area contributed by atoms with Gasteiger partial charge in [0.1, 0.15) is 11.6 Å². The van der Waals surface area contributed by atoms with Crippen molar-refractivity contribution in [2.24, 2.45) is 0 Å². The fraction of sp³-hybridized carbons (Fsp3) is 0.481. The molecule has 3 rings (SSSR count). The predicted molar refractivity (Wildman–Crippen MR) is 136 cm³/mol. The van der Waals surface area contributed by atoms with E-state index in [-0.39, 0.29) is 17.7 Å². The molecule has 1 saturated heterocycles. The number of carbonyl (C=O) groups is 2. The Bertz CT molecular complexity index is 942. The van der Waals surface area contributed by atoms with Crippen LogP contribution in [0.3, 0.4) is 0 Å². The van der Waals surface area contributed by atoms with Gasteiger partial charge in [0.05, 0.1) is 13.2 Å². The first-order valence-electron chi connectivity index (χ1n) is 11.8. The van der Waals surface area contributed by atoms with Gasteiger partial charge in [0.2, 0.25) is 0 Å². The number of ether oxygens (including phenoxy) is 2. The molecule has 0 bridgehead atoms. The first-order chi connectivity index (χ1) is 15.9. The van der Waals surface area contributed by atoms with Crippen molar-refractivity contribution in [1.29, 1.82) is 0 Å². The molecule has 7 heteroatoms. The third kappa shape index (κ3) is 5.36. The number of likely N-dealkylation sites (tertiary alicyclic amines) is 1. The summed E-state index contributed by atoms with van der Waals surface area (Å²) in [5, 5.41) is 2.09. The van der Waals surface area contributed by atoms with Gasteiger partial charge >= 0.3 is 12.1 Å². The molecule has 1 aliphatic rings. The van der Waals surface area contributed by atoms with Gasteiger partial charge in [-0.15, -0.1) is 0 Å².